The lowest BCUT2D eigenvalue weighted by Crippen LogP contribution is -2.15. The minimum atomic E-state index is -0.290. The second-order valence-corrected chi connectivity index (χ2v) is 5.11. The third-order valence-corrected chi connectivity index (χ3v) is 3.25. The van der Waals surface area contributed by atoms with Crippen LogP contribution in [0.2, 0.25) is 0 Å². The van der Waals surface area contributed by atoms with Gasteiger partial charge >= 0.3 is 0 Å². The number of anilines is 2. The Morgan fingerprint density at radius 1 is 1.35 bits per heavy atom. The van der Waals surface area contributed by atoms with Crippen LogP contribution in [0.1, 0.15) is 23.0 Å². The summed E-state index contributed by atoms with van der Waals surface area (Å²) in [6.45, 7) is 4.67. The molecule has 5 nitrogen and oxygen atoms in total. The molecule has 0 saturated heterocycles. The van der Waals surface area contributed by atoms with Gasteiger partial charge in [0.2, 0.25) is 0 Å². The standard InChI is InChI=1S/C14H15BrN4O/c1-3-17-13-8-16-7-12(18-13)14(20)19-11-5-4-9(2)6-10(11)15/h4-8H,3H2,1-2H3,(H,17,18)(H,19,20). The minimum Gasteiger partial charge on any atom is -0.369 e. The molecular formula is C14H15BrN4O. The summed E-state index contributed by atoms with van der Waals surface area (Å²) in [4.78, 5) is 20.4. The molecule has 0 bridgehead atoms. The molecule has 6 heteroatoms. The maximum Gasteiger partial charge on any atom is 0.275 e. The van der Waals surface area contributed by atoms with Crippen molar-refractivity contribution in [1.82, 2.24) is 9.97 Å². The van der Waals surface area contributed by atoms with E-state index in [4.69, 9.17) is 0 Å². The van der Waals surface area contributed by atoms with Crippen LogP contribution in [-0.4, -0.2) is 22.4 Å². The van der Waals surface area contributed by atoms with E-state index < -0.39 is 0 Å². The third-order valence-electron chi connectivity index (χ3n) is 2.60. The molecule has 1 aromatic heterocycles. The van der Waals surface area contributed by atoms with E-state index >= 15 is 0 Å². The van der Waals surface area contributed by atoms with Gasteiger partial charge in [-0.2, -0.15) is 0 Å². The first kappa shape index (κ1) is 14.5. The monoisotopic (exact) mass is 334 g/mol. The number of halogens is 1. The minimum absolute atomic E-state index is 0.274. The van der Waals surface area contributed by atoms with Crippen LogP contribution in [0.25, 0.3) is 0 Å². The maximum absolute atomic E-state index is 12.1. The lowest BCUT2D eigenvalue weighted by atomic mass is 10.2. The summed E-state index contributed by atoms with van der Waals surface area (Å²) in [6, 6.07) is 5.72. The Morgan fingerprint density at radius 3 is 2.85 bits per heavy atom. The zero-order chi connectivity index (χ0) is 14.5. The summed E-state index contributed by atoms with van der Waals surface area (Å²) < 4.78 is 0.835. The molecule has 20 heavy (non-hydrogen) atoms. The summed E-state index contributed by atoms with van der Waals surface area (Å²) in [5, 5.41) is 5.83. The molecule has 0 atom stereocenters. The van der Waals surface area contributed by atoms with Crippen LogP contribution in [0.5, 0.6) is 0 Å². The van der Waals surface area contributed by atoms with Crippen LogP contribution in [0.4, 0.5) is 11.5 Å². The molecule has 2 N–H and O–H groups in total. The highest BCUT2D eigenvalue weighted by Crippen LogP contribution is 2.23. The number of aryl methyl sites for hydroxylation is 1. The van der Waals surface area contributed by atoms with E-state index in [1.165, 1.54) is 6.20 Å². The summed E-state index contributed by atoms with van der Waals surface area (Å²) in [6.07, 6.45) is 3.03. The lowest BCUT2D eigenvalue weighted by molar-refractivity contribution is 0.102. The van der Waals surface area contributed by atoms with E-state index in [2.05, 4.69) is 36.5 Å². The summed E-state index contributed by atoms with van der Waals surface area (Å²) in [7, 11) is 0. The normalized spacial score (nSPS) is 10.2. The van der Waals surface area contributed by atoms with Crippen molar-refractivity contribution in [2.45, 2.75) is 13.8 Å². The highest BCUT2D eigenvalue weighted by Gasteiger charge is 2.11. The van der Waals surface area contributed by atoms with Gasteiger partial charge in [-0.25, -0.2) is 4.98 Å². The third kappa shape index (κ3) is 3.54. The number of carbonyl (C=O) groups is 1. The number of aromatic nitrogens is 2. The number of hydrogen-bond donors (Lipinski definition) is 2. The van der Waals surface area contributed by atoms with Crippen molar-refractivity contribution in [1.29, 1.82) is 0 Å². The van der Waals surface area contributed by atoms with Crippen molar-refractivity contribution in [2.75, 3.05) is 17.2 Å². The number of nitrogens with one attached hydrogen (secondary N) is 2. The molecule has 0 aliphatic rings. The Morgan fingerprint density at radius 2 is 2.15 bits per heavy atom. The predicted octanol–water partition coefficient (Wildman–Crippen LogP) is 3.23. The van der Waals surface area contributed by atoms with Crippen LogP contribution in [-0.2, 0) is 0 Å². The molecule has 0 saturated carbocycles. The van der Waals surface area contributed by atoms with Gasteiger partial charge in [0.25, 0.3) is 5.91 Å². The predicted molar refractivity (Wildman–Crippen MR) is 83.0 cm³/mol. The molecule has 1 heterocycles. The van der Waals surface area contributed by atoms with Gasteiger partial charge in [-0.1, -0.05) is 6.07 Å². The average Bonchev–Trinajstić information content (AvgIpc) is 2.42. The second kappa shape index (κ2) is 6.47. The summed E-state index contributed by atoms with van der Waals surface area (Å²) in [5.41, 5.74) is 2.09. The molecule has 0 aliphatic heterocycles. The maximum atomic E-state index is 12.1. The van der Waals surface area contributed by atoms with Crippen LogP contribution in [0.3, 0.4) is 0 Å². The van der Waals surface area contributed by atoms with Crippen LogP contribution >= 0.6 is 15.9 Å². The first-order valence-corrected chi connectivity index (χ1v) is 7.03. The fraction of sp³-hybridized carbons (Fsp3) is 0.214. The number of hydrogen-bond acceptors (Lipinski definition) is 4. The lowest BCUT2D eigenvalue weighted by Gasteiger charge is -2.08. The number of rotatable bonds is 4. The first-order chi connectivity index (χ1) is 9.60. The van der Waals surface area contributed by atoms with Gasteiger partial charge in [0.1, 0.15) is 11.5 Å². The molecule has 104 valence electrons. The van der Waals surface area contributed by atoms with Crippen molar-refractivity contribution >= 4 is 33.3 Å². The highest BCUT2D eigenvalue weighted by molar-refractivity contribution is 9.10. The largest absolute Gasteiger partial charge is 0.369 e. The molecule has 0 radical (unpaired) electrons. The molecule has 0 unspecified atom stereocenters. The zero-order valence-electron chi connectivity index (χ0n) is 11.3. The van der Waals surface area contributed by atoms with Gasteiger partial charge < -0.3 is 10.6 Å². The average molecular weight is 335 g/mol. The van der Waals surface area contributed by atoms with Gasteiger partial charge in [-0.15, -0.1) is 0 Å². The van der Waals surface area contributed by atoms with E-state index in [1.807, 2.05) is 32.0 Å². The molecule has 0 fully saturated rings. The van der Waals surface area contributed by atoms with E-state index in [9.17, 15) is 4.79 Å². The Hall–Kier alpha value is -1.95. The van der Waals surface area contributed by atoms with Gasteiger partial charge in [0.05, 0.1) is 18.1 Å². The second-order valence-electron chi connectivity index (χ2n) is 4.26. The number of amides is 1. The van der Waals surface area contributed by atoms with Crippen LogP contribution in [0.15, 0.2) is 35.1 Å². The Labute approximate surface area is 126 Å². The van der Waals surface area contributed by atoms with Crippen LogP contribution in [0, 0.1) is 6.92 Å². The molecule has 0 spiro atoms. The van der Waals surface area contributed by atoms with Gasteiger partial charge in [-0.05, 0) is 47.5 Å². The topological polar surface area (TPSA) is 66.9 Å². The van der Waals surface area contributed by atoms with E-state index in [0.717, 1.165) is 16.6 Å². The summed E-state index contributed by atoms with van der Waals surface area (Å²) >= 11 is 3.42. The van der Waals surface area contributed by atoms with Crippen LogP contribution < -0.4 is 10.6 Å². The quantitative estimate of drug-likeness (QED) is 0.900. The van der Waals surface area contributed by atoms with E-state index in [0.29, 0.717) is 11.5 Å². The Kier molecular flexibility index (Phi) is 4.68. The fourth-order valence-electron chi connectivity index (χ4n) is 1.65. The SMILES string of the molecule is CCNc1cncc(C(=O)Nc2ccc(C)cc2Br)n1. The Balaban J connectivity index is 2.17. The van der Waals surface area contributed by atoms with Gasteiger partial charge in [0.15, 0.2) is 0 Å². The number of nitrogens with zero attached hydrogens (tertiary/aromatic N) is 2. The number of benzene rings is 1. The summed E-state index contributed by atoms with van der Waals surface area (Å²) in [5.74, 6) is 0.296. The Bertz CT molecular complexity index is 630. The van der Waals surface area contributed by atoms with E-state index in [-0.39, 0.29) is 11.6 Å². The molecule has 1 aromatic carbocycles. The van der Waals surface area contributed by atoms with Crippen molar-refractivity contribution in [2.24, 2.45) is 0 Å². The zero-order valence-corrected chi connectivity index (χ0v) is 12.9. The van der Waals surface area contributed by atoms with Crippen molar-refractivity contribution in [3.63, 3.8) is 0 Å². The highest BCUT2D eigenvalue weighted by atomic mass is 79.9. The van der Waals surface area contributed by atoms with Crippen molar-refractivity contribution in [3.8, 4) is 0 Å². The van der Waals surface area contributed by atoms with E-state index in [1.54, 1.807) is 6.20 Å². The smallest absolute Gasteiger partial charge is 0.275 e. The van der Waals surface area contributed by atoms with Crippen molar-refractivity contribution < 1.29 is 4.79 Å². The van der Waals surface area contributed by atoms with Gasteiger partial charge in [-0.3, -0.25) is 9.78 Å². The molecular weight excluding hydrogens is 320 g/mol. The fourth-order valence-corrected chi connectivity index (χ4v) is 2.24. The molecule has 2 aromatic rings. The molecule has 0 aliphatic carbocycles. The van der Waals surface area contributed by atoms with Gasteiger partial charge in [0, 0.05) is 11.0 Å². The first-order valence-electron chi connectivity index (χ1n) is 6.23. The number of carbonyl (C=O) groups excluding carboxylic acids is 1. The van der Waals surface area contributed by atoms with Crippen molar-refractivity contribution in [3.05, 3.63) is 46.3 Å². The molecule has 1 amide bonds. The molecule has 2 rings (SSSR count).